The zero-order valence-electron chi connectivity index (χ0n) is 10.6. The van der Waals surface area contributed by atoms with Crippen LogP contribution in [0.5, 0.6) is 0 Å². The molecule has 0 aromatic rings. The lowest BCUT2D eigenvalue weighted by Crippen LogP contribution is -2.45. The summed E-state index contributed by atoms with van der Waals surface area (Å²) in [4.78, 5) is 24.3. The van der Waals surface area contributed by atoms with Crippen LogP contribution >= 0.6 is 0 Å². The molecule has 0 aromatic carbocycles. The first-order valence-electron chi connectivity index (χ1n) is 6.36. The van der Waals surface area contributed by atoms with Gasteiger partial charge in [-0.15, -0.1) is 0 Å². The van der Waals surface area contributed by atoms with Gasteiger partial charge in [-0.2, -0.15) is 0 Å². The van der Waals surface area contributed by atoms with E-state index in [1.165, 1.54) is 12.8 Å². The van der Waals surface area contributed by atoms with Crippen LogP contribution in [-0.4, -0.2) is 47.7 Å². The molecule has 1 amide bonds. The summed E-state index contributed by atoms with van der Waals surface area (Å²) in [6.45, 7) is 3.33. The van der Waals surface area contributed by atoms with Gasteiger partial charge in [0.1, 0.15) is 0 Å². The van der Waals surface area contributed by atoms with E-state index < -0.39 is 5.97 Å². The maximum atomic E-state index is 12.0. The Labute approximate surface area is 106 Å². The predicted molar refractivity (Wildman–Crippen MR) is 65.1 cm³/mol. The third kappa shape index (κ3) is 3.57. The van der Waals surface area contributed by atoms with E-state index in [1.54, 1.807) is 11.0 Å². The highest BCUT2D eigenvalue weighted by Crippen LogP contribution is 2.36. The molecule has 1 N–H and O–H groups in total. The maximum absolute atomic E-state index is 12.0. The molecule has 2 aliphatic rings. The van der Waals surface area contributed by atoms with Gasteiger partial charge in [0.05, 0.1) is 19.1 Å². The van der Waals surface area contributed by atoms with Crippen LogP contribution in [0, 0.1) is 5.92 Å². The SMILES string of the molecule is C/C(=C\C(=O)N1CCO[C@@H](CC(=O)O)C1)C1CC1. The second-order valence-corrected chi connectivity index (χ2v) is 5.04. The van der Waals surface area contributed by atoms with Crippen LogP contribution in [0.3, 0.4) is 0 Å². The molecule has 18 heavy (non-hydrogen) atoms. The first-order valence-corrected chi connectivity index (χ1v) is 6.36. The molecular weight excluding hydrogens is 234 g/mol. The van der Waals surface area contributed by atoms with E-state index in [9.17, 15) is 9.59 Å². The van der Waals surface area contributed by atoms with Crippen LogP contribution in [-0.2, 0) is 14.3 Å². The summed E-state index contributed by atoms with van der Waals surface area (Å²) in [6, 6.07) is 0. The average molecular weight is 253 g/mol. The van der Waals surface area contributed by atoms with Crippen molar-refractivity contribution in [3.63, 3.8) is 0 Å². The Kier molecular flexibility index (Phi) is 4.01. The molecule has 0 spiro atoms. The van der Waals surface area contributed by atoms with Gasteiger partial charge in [0.2, 0.25) is 5.91 Å². The second kappa shape index (κ2) is 5.52. The zero-order chi connectivity index (χ0) is 13.1. The Morgan fingerprint density at radius 2 is 2.17 bits per heavy atom. The quantitative estimate of drug-likeness (QED) is 0.760. The van der Waals surface area contributed by atoms with Gasteiger partial charge >= 0.3 is 5.97 Å². The van der Waals surface area contributed by atoms with E-state index in [1.807, 2.05) is 6.92 Å². The van der Waals surface area contributed by atoms with Crippen LogP contribution in [0.1, 0.15) is 26.2 Å². The van der Waals surface area contributed by atoms with Gasteiger partial charge in [-0.05, 0) is 25.7 Å². The van der Waals surface area contributed by atoms with Crippen molar-refractivity contribution in [2.24, 2.45) is 5.92 Å². The topological polar surface area (TPSA) is 66.8 Å². The number of aliphatic carboxylic acids is 1. The summed E-state index contributed by atoms with van der Waals surface area (Å²) in [6.07, 6.45) is 3.63. The summed E-state index contributed by atoms with van der Waals surface area (Å²) < 4.78 is 5.34. The number of allylic oxidation sites excluding steroid dienone is 1. The molecule has 0 aromatic heterocycles. The monoisotopic (exact) mass is 253 g/mol. The van der Waals surface area contributed by atoms with Crippen molar-refractivity contribution in [3.8, 4) is 0 Å². The fourth-order valence-electron chi connectivity index (χ4n) is 2.18. The Hall–Kier alpha value is -1.36. The molecule has 0 unspecified atom stereocenters. The summed E-state index contributed by atoms with van der Waals surface area (Å²) in [5.41, 5.74) is 1.14. The zero-order valence-corrected chi connectivity index (χ0v) is 10.6. The van der Waals surface area contributed by atoms with Gasteiger partial charge in [0, 0.05) is 19.2 Å². The lowest BCUT2D eigenvalue weighted by molar-refractivity contribution is -0.145. The van der Waals surface area contributed by atoms with E-state index >= 15 is 0 Å². The number of ether oxygens (including phenoxy) is 1. The van der Waals surface area contributed by atoms with Crippen molar-refractivity contribution >= 4 is 11.9 Å². The van der Waals surface area contributed by atoms with Gasteiger partial charge < -0.3 is 14.7 Å². The molecule has 1 aliphatic carbocycles. The molecule has 5 heteroatoms. The number of carboxylic acid groups (broad SMARTS) is 1. The molecule has 1 aliphatic heterocycles. The van der Waals surface area contributed by atoms with E-state index in [2.05, 4.69) is 0 Å². The van der Waals surface area contributed by atoms with Crippen molar-refractivity contribution in [3.05, 3.63) is 11.6 Å². The van der Waals surface area contributed by atoms with Gasteiger partial charge in [0.25, 0.3) is 0 Å². The van der Waals surface area contributed by atoms with E-state index in [4.69, 9.17) is 9.84 Å². The number of carboxylic acids is 1. The van der Waals surface area contributed by atoms with Crippen molar-refractivity contribution < 1.29 is 19.4 Å². The van der Waals surface area contributed by atoms with Crippen LogP contribution in [0.25, 0.3) is 0 Å². The van der Waals surface area contributed by atoms with E-state index in [-0.39, 0.29) is 18.4 Å². The number of carbonyl (C=O) groups excluding carboxylic acids is 1. The highest BCUT2D eigenvalue weighted by atomic mass is 16.5. The minimum atomic E-state index is -0.890. The molecule has 0 bridgehead atoms. The summed E-state index contributed by atoms with van der Waals surface area (Å²) in [5.74, 6) is -0.318. The predicted octanol–water partition coefficient (Wildman–Crippen LogP) is 1.04. The van der Waals surface area contributed by atoms with Gasteiger partial charge in [-0.25, -0.2) is 0 Å². The van der Waals surface area contributed by atoms with Crippen molar-refractivity contribution in [2.45, 2.75) is 32.3 Å². The highest BCUT2D eigenvalue weighted by Gasteiger charge is 2.27. The Morgan fingerprint density at radius 1 is 1.44 bits per heavy atom. The van der Waals surface area contributed by atoms with Crippen LogP contribution in [0.2, 0.25) is 0 Å². The van der Waals surface area contributed by atoms with Gasteiger partial charge in [-0.1, -0.05) is 5.57 Å². The Bertz CT molecular complexity index is 373. The standard InChI is InChI=1S/C13H19NO4/c1-9(10-2-3-10)6-12(15)14-4-5-18-11(8-14)7-13(16)17/h6,10-11H,2-5,7-8H2,1H3,(H,16,17)/b9-6+/t11-/m0/s1. The number of morpholine rings is 1. The van der Waals surface area contributed by atoms with Crippen LogP contribution in [0.15, 0.2) is 11.6 Å². The van der Waals surface area contributed by atoms with Gasteiger partial charge in [0.15, 0.2) is 0 Å². The summed E-state index contributed by atoms with van der Waals surface area (Å²) >= 11 is 0. The number of hydrogen-bond acceptors (Lipinski definition) is 3. The molecule has 5 nitrogen and oxygen atoms in total. The van der Waals surface area contributed by atoms with Crippen molar-refractivity contribution in [1.82, 2.24) is 4.90 Å². The fourth-order valence-corrected chi connectivity index (χ4v) is 2.18. The van der Waals surface area contributed by atoms with E-state index in [0.717, 1.165) is 5.57 Å². The third-order valence-corrected chi connectivity index (χ3v) is 3.43. The van der Waals surface area contributed by atoms with Crippen molar-refractivity contribution in [2.75, 3.05) is 19.7 Å². The molecule has 100 valence electrons. The van der Waals surface area contributed by atoms with E-state index in [0.29, 0.717) is 25.6 Å². The third-order valence-electron chi connectivity index (χ3n) is 3.43. The smallest absolute Gasteiger partial charge is 0.306 e. The molecule has 1 saturated carbocycles. The van der Waals surface area contributed by atoms with Crippen LogP contribution < -0.4 is 0 Å². The normalized spacial score (nSPS) is 25.1. The number of nitrogens with zero attached hydrogens (tertiary/aromatic N) is 1. The minimum absolute atomic E-state index is 0.0157. The lowest BCUT2D eigenvalue weighted by atomic mass is 10.1. The maximum Gasteiger partial charge on any atom is 0.306 e. The molecule has 1 atom stereocenters. The second-order valence-electron chi connectivity index (χ2n) is 5.04. The first-order chi connectivity index (χ1) is 8.56. The average Bonchev–Trinajstić information content (AvgIpc) is 3.12. The Balaban J connectivity index is 1.89. The highest BCUT2D eigenvalue weighted by molar-refractivity contribution is 5.88. The molecular formula is C13H19NO4. The lowest BCUT2D eigenvalue weighted by Gasteiger charge is -2.31. The summed E-state index contributed by atoms with van der Waals surface area (Å²) in [7, 11) is 0. The first kappa shape index (κ1) is 13.1. The molecule has 2 fully saturated rings. The van der Waals surface area contributed by atoms with Crippen molar-refractivity contribution in [1.29, 1.82) is 0 Å². The fraction of sp³-hybridized carbons (Fsp3) is 0.692. The molecule has 2 rings (SSSR count). The van der Waals surface area contributed by atoms with Gasteiger partial charge in [-0.3, -0.25) is 9.59 Å². The molecule has 0 radical (unpaired) electrons. The molecule has 1 saturated heterocycles. The minimum Gasteiger partial charge on any atom is -0.481 e. The summed E-state index contributed by atoms with van der Waals surface area (Å²) in [5, 5.41) is 8.72. The van der Waals surface area contributed by atoms with Crippen LogP contribution in [0.4, 0.5) is 0 Å². The number of hydrogen-bond donors (Lipinski definition) is 1. The number of amides is 1. The number of rotatable bonds is 4. The Morgan fingerprint density at radius 3 is 2.78 bits per heavy atom. The number of carbonyl (C=O) groups is 2. The largest absolute Gasteiger partial charge is 0.481 e. The molecule has 1 heterocycles.